The lowest BCUT2D eigenvalue weighted by molar-refractivity contribution is 0.990. The van der Waals surface area contributed by atoms with E-state index in [0.717, 1.165) is 17.1 Å². The molecule has 17 heavy (non-hydrogen) atoms. The Hall–Kier alpha value is -1.66. The molecule has 3 heteroatoms. The van der Waals surface area contributed by atoms with Crippen LogP contribution in [0.5, 0.6) is 0 Å². The lowest BCUT2D eigenvalue weighted by atomic mass is 10.1. The van der Waals surface area contributed by atoms with Crippen molar-refractivity contribution in [3.05, 3.63) is 39.7 Å². The van der Waals surface area contributed by atoms with Crippen LogP contribution >= 0.6 is 11.3 Å². The third-order valence-electron chi connectivity index (χ3n) is 2.69. The molecule has 2 rings (SSSR count). The Morgan fingerprint density at radius 3 is 2.76 bits per heavy atom. The van der Waals surface area contributed by atoms with Crippen LogP contribution in [-0.2, 0) is 6.42 Å². The van der Waals surface area contributed by atoms with Gasteiger partial charge >= 0.3 is 0 Å². The number of hydrogen-bond acceptors (Lipinski definition) is 3. The molecule has 0 atom stereocenters. The minimum Gasteiger partial charge on any atom is -0.241 e. The molecule has 0 aliphatic heterocycles. The molecule has 0 spiro atoms. The number of rotatable bonds is 3. The van der Waals surface area contributed by atoms with Crippen molar-refractivity contribution in [1.82, 2.24) is 4.98 Å². The monoisotopic (exact) mass is 242 g/mol. The summed E-state index contributed by atoms with van der Waals surface area (Å²) in [6, 6.07) is 10.4. The van der Waals surface area contributed by atoms with Gasteiger partial charge in [0.2, 0.25) is 0 Å². The van der Waals surface area contributed by atoms with Crippen LogP contribution in [0.2, 0.25) is 0 Å². The Kier molecular flexibility index (Phi) is 3.55. The van der Waals surface area contributed by atoms with E-state index in [0.29, 0.717) is 6.42 Å². The van der Waals surface area contributed by atoms with Crippen molar-refractivity contribution in [3.8, 4) is 17.3 Å². The molecule has 1 aromatic carbocycles. The maximum Gasteiger partial charge on any atom is 0.0945 e. The summed E-state index contributed by atoms with van der Waals surface area (Å²) in [4.78, 5) is 5.87. The summed E-state index contributed by atoms with van der Waals surface area (Å²) in [6.07, 6.45) is 1.30. The van der Waals surface area contributed by atoms with Crippen molar-refractivity contribution in [3.63, 3.8) is 0 Å². The standard InChI is InChI=1S/C14H14N2S/c1-10-6-3-4-7-12(10)14-11(2)17-13(16-14)8-5-9-15/h3-4,6-7H,5,8H2,1-2H3. The second-order valence-corrected chi connectivity index (χ2v) is 5.27. The second kappa shape index (κ2) is 5.11. The minimum absolute atomic E-state index is 0.542. The van der Waals surface area contributed by atoms with Gasteiger partial charge in [-0.15, -0.1) is 11.3 Å². The van der Waals surface area contributed by atoms with Crippen molar-refractivity contribution >= 4 is 11.3 Å². The van der Waals surface area contributed by atoms with Gasteiger partial charge in [0.05, 0.1) is 16.8 Å². The molecule has 0 aliphatic carbocycles. The number of nitriles is 1. The highest BCUT2D eigenvalue weighted by molar-refractivity contribution is 7.12. The highest BCUT2D eigenvalue weighted by atomic mass is 32.1. The molecular formula is C14H14N2S. The Bertz CT molecular complexity index is 564. The molecule has 1 aromatic heterocycles. The first-order chi connectivity index (χ1) is 8.22. The zero-order valence-electron chi connectivity index (χ0n) is 10.0. The molecule has 0 saturated carbocycles. The van der Waals surface area contributed by atoms with Gasteiger partial charge in [-0.2, -0.15) is 5.26 Å². The predicted octanol–water partition coefficient (Wildman–Crippen LogP) is 3.88. The van der Waals surface area contributed by atoms with Gasteiger partial charge in [-0.3, -0.25) is 0 Å². The van der Waals surface area contributed by atoms with E-state index in [9.17, 15) is 0 Å². The summed E-state index contributed by atoms with van der Waals surface area (Å²) in [5.41, 5.74) is 3.51. The van der Waals surface area contributed by atoms with Gasteiger partial charge in [0.1, 0.15) is 0 Å². The van der Waals surface area contributed by atoms with Gasteiger partial charge in [0.15, 0.2) is 0 Å². The Balaban J connectivity index is 2.37. The highest BCUT2D eigenvalue weighted by Crippen LogP contribution is 2.30. The normalized spacial score (nSPS) is 10.2. The summed E-state index contributed by atoms with van der Waals surface area (Å²) in [7, 11) is 0. The number of aryl methyl sites for hydroxylation is 3. The van der Waals surface area contributed by atoms with Gasteiger partial charge in [-0.1, -0.05) is 24.3 Å². The van der Waals surface area contributed by atoms with Crippen molar-refractivity contribution in [2.45, 2.75) is 26.7 Å². The van der Waals surface area contributed by atoms with Crippen LogP contribution in [0.3, 0.4) is 0 Å². The van der Waals surface area contributed by atoms with Crippen LogP contribution in [0.15, 0.2) is 24.3 Å². The van der Waals surface area contributed by atoms with Crippen molar-refractivity contribution in [2.75, 3.05) is 0 Å². The molecule has 0 N–H and O–H groups in total. The van der Waals surface area contributed by atoms with Gasteiger partial charge in [-0.05, 0) is 19.4 Å². The maximum absolute atomic E-state index is 8.59. The van der Waals surface area contributed by atoms with Crippen LogP contribution in [-0.4, -0.2) is 4.98 Å². The number of thiazole rings is 1. The first-order valence-electron chi connectivity index (χ1n) is 5.61. The van der Waals surface area contributed by atoms with E-state index in [1.54, 1.807) is 11.3 Å². The van der Waals surface area contributed by atoms with Crippen molar-refractivity contribution < 1.29 is 0 Å². The molecule has 1 heterocycles. The zero-order chi connectivity index (χ0) is 12.3. The number of hydrogen-bond donors (Lipinski definition) is 0. The quantitative estimate of drug-likeness (QED) is 0.819. The molecular weight excluding hydrogens is 228 g/mol. The van der Waals surface area contributed by atoms with Crippen LogP contribution in [0, 0.1) is 25.2 Å². The van der Waals surface area contributed by atoms with Gasteiger partial charge in [0, 0.05) is 23.3 Å². The molecule has 0 aliphatic rings. The van der Waals surface area contributed by atoms with E-state index in [1.807, 2.05) is 12.1 Å². The van der Waals surface area contributed by atoms with E-state index in [4.69, 9.17) is 5.26 Å². The van der Waals surface area contributed by atoms with Crippen molar-refractivity contribution in [1.29, 1.82) is 5.26 Å². The maximum atomic E-state index is 8.59. The zero-order valence-corrected chi connectivity index (χ0v) is 10.8. The van der Waals surface area contributed by atoms with E-state index < -0.39 is 0 Å². The molecule has 0 radical (unpaired) electrons. The Morgan fingerprint density at radius 1 is 1.29 bits per heavy atom. The van der Waals surface area contributed by atoms with Crippen LogP contribution < -0.4 is 0 Å². The van der Waals surface area contributed by atoms with E-state index >= 15 is 0 Å². The summed E-state index contributed by atoms with van der Waals surface area (Å²) >= 11 is 1.70. The molecule has 0 saturated heterocycles. The molecule has 0 unspecified atom stereocenters. The van der Waals surface area contributed by atoms with Crippen LogP contribution in [0.4, 0.5) is 0 Å². The number of nitrogens with zero attached hydrogens (tertiary/aromatic N) is 2. The minimum atomic E-state index is 0.542. The molecule has 86 valence electrons. The van der Waals surface area contributed by atoms with Crippen LogP contribution in [0.1, 0.15) is 21.9 Å². The lowest BCUT2D eigenvalue weighted by Gasteiger charge is -2.02. The summed E-state index contributed by atoms with van der Waals surface area (Å²) < 4.78 is 0. The van der Waals surface area contributed by atoms with Gasteiger partial charge in [0.25, 0.3) is 0 Å². The molecule has 0 amide bonds. The van der Waals surface area contributed by atoms with E-state index in [-0.39, 0.29) is 0 Å². The van der Waals surface area contributed by atoms with E-state index in [1.165, 1.54) is 16.0 Å². The van der Waals surface area contributed by atoms with Crippen LogP contribution in [0.25, 0.3) is 11.3 Å². The topological polar surface area (TPSA) is 36.7 Å². The average Bonchev–Trinajstić information content (AvgIpc) is 2.68. The fourth-order valence-electron chi connectivity index (χ4n) is 1.81. The largest absolute Gasteiger partial charge is 0.241 e. The third kappa shape index (κ3) is 2.54. The second-order valence-electron chi connectivity index (χ2n) is 3.99. The Labute approximate surface area is 106 Å². The first-order valence-corrected chi connectivity index (χ1v) is 6.43. The average molecular weight is 242 g/mol. The molecule has 2 aromatic rings. The molecule has 0 bridgehead atoms. The fourth-order valence-corrected chi connectivity index (χ4v) is 2.76. The third-order valence-corrected chi connectivity index (χ3v) is 3.72. The Morgan fingerprint density at radius 2 is 2.06 bits per heavy atom. The number of aromatic nitrogens is 1. The fraction of sp³-hybridized carbons (Fsp3) is 0.286. The highest BCUT2D eigenvalue weighted by Gasteiger charge is 2.10. The molecule has 2 nitrogen and oxygen atoms in total. The predicted molar refractivity (Wildman–Crippen MR) is 71.0 cm³/mol. The van der Waals surface area contributed by atoms with Crippen molar-refractivity contribution in [2.24, 2.45) is 0 Å². The van der Waals surface area contributed by atoms with Gasteiger partial charge in [-0.25, -0.2) is 4.98 Å². The SMILES string of the molecule is Cc1ccccc1-c1nc(CCC#N)sc1C. The summed E-state index contributed by atoms with van der Waals surface area (Å²) in [6.45, 7) is 4.19. The smallest absolute Gasteiger partial charge is 0.0945 e. The molecule has 0 fully saturated rings. The summed E-state index contributed by atoms with van der Waals surface area (Å²) in [5.74, 6) is 0. The lowest BCUT2D eigenvalue weighted by Crippen LogP contribution is -1.86. The summed E-state index contributed by atoms with van der Waals surface area (Å²) in [5, 5.41) is 9.65. The van der Waals surface area contributed by atoms with E-state index in [2.05, 4.69) is 37.0 Å². The first kappa shape index (κ1) is 11.8. The van der Waals surface area contributed by atoms with Gasteiger partial charge < -0.3 is 0 Å². The number of benzene rings is 1.